The van der Waals surface area contributed by atoms with Crippen LogP contribution >= 0.6 is 11.6 Å². The van der Waals surface area contributed by atoms with Crippen LogP contribution in [0.25, 0.3) is 11.8 Å². The van der Waals surface area contributed by atoms with Crippen LogP contribution in [0.15, 0.2) is 75.9 Å². The van der Waals surface area contributed by atoms with Crippen LogP contribution in [0.4, 0.5) is 0 Å². The molecule has 4 aliphatic carbocycles. The average Bonchev–Trinajstić information content (AvgIpc) is 3.60. The molecule has 1 amide bonds. The van der Waals surface area contributed by atoms with Gasteiger partial charge < -0.3 is 29.4 Å². The number of esters is 1. The number of fused-ring (bicyclic) bond motifs is 6. The van der Waals surface area contributed by atoms with Crippen molar-refractivity contribution in [3.05, 3.63) is 98.7 Å². The lowest BCUT2D eigenvalue weighted by Gasteiger charge is -2.62. The smallest absolute Gasteiger partial charge is 0.326 e. The summed E-state index contributed by atoms with van der Waals surface area (Å²) >= 11 is 6.20. The molecule has 0 radical (unpaired) electrons. The van der Waals surface area contributed by atoms with E-state index in [1.54, 1.807) is 13.0 Å². The summed E-state index contributed by atoms with van der Waals surface area (Å²) in [6, 6.07) is 7.43. The summed E-state index contributed by atoms with van der Waals surface area (Å²) in [5.74, 6) is -3.25. The molecule has 1 spiro atoms. The number of halogens is 1. The summed E-state index contributed by atoms with van der Waals surface area (Å²) in [4.78, 5) is 62.8. The van der Waals surface area contributed by atoms with Crippen molar-refractivity contribution >= 4 is 52.5 Å². The van der Waals surface area contributed by atoms with Crippen LogP contribution in [-0.4, -0.2) is 75.7 Å². The number of alkyl halides is 1. The molecule has 4 heterocycles. The lowest BCUT2D eigenvalue weighted by molar-refractivity contribution is -0.182. The molecule has 4 fully saturated rings. The number of aliphatic imine (C=N–C) groups is 1. The Labute approximate surface area is 373 Å². The Morgan fingerprint density at radius 2 is 1.73 bits per heavy atom. The number of nitrogens with zero attached hydrogens (tertiary/aromatic N) is 1. The zero-order chi connectivity index (χ0) is 45.0. The number of benzene rings is 2. The van der Waals surface area contributed by atoms with Gasteiger partial charge in [0.15, 0.2) is 28.5 Å². The van der Waals surface area contributed by atoms with Crippen LogP contribution < -0.4 is 19.5 Å². The van der Waals surface area contributed by atoms with Crippen LogP contribution in [0.1, 0.15) is 114 Å². The largest absolute Gasteiger partial charge is 0.482 e. The normalized spacial score (nSPS) is 29.6. The summed E-state index contributed by atoms with van der Waals surface area (Å²) in [7, 11) is 0. The highest BCUT2D eigenvalue weighted by Gasteiger charge is 2.84. The fraction of sp³-hybridized carbons (Fsp3) is 0.471. The molecule has 2 aromatic carbocycles. The summed E-state index contributed by atoms with van der Waals surface area (Å²) in [5.41, 5.74) is 2.38. The molecular formula is C51H55ClN2O9. The number of aliphatic hydroxyl groups is 1. The van der Waals surface area contributed by atoms with Gasteiger partial charge in [-0.05, 0) is 93.2 Å². The maximum absolute atomic E-state index is 15.8. The van der Waals surface area contributed by atoms with E-state index in [0.29, 0.717) is 81.1 Å². The highest BCUT2D eigenvalue weighted by molar-refractivity contribution is 6.31. The molecule has 7 unspecified atom stereocenters. The lowest BCUT2D eigenvalue weighted by Crippen LogP contribution is -2.75. The molecule has 2 N–H and O–H groups in total. The van der Waals surface area contributed by atoms with Crippen LogP contribution in [0.2, 0.25) is 0 Å². The number of nitrogens with one attached hydrogen (secondary N) is 1. The fourth-order valence-corrected chi connectivity index (χ4v) is 11.6. The number of ether oxygens (including phenoxy) is 4. The number of carbonyl (C=O) groups is 4. The molecule has 11 nitrogen and oxygen atoms in total. The van der Waals surface area contributed by atoms with Crippen molar-refractivity contribution in [3.8, 4) is 17.2 Å². The van der Waals surface area contributed by atoms with Crippen molar-refractivity contribution in [1.82, 2.24) is 5.32 Å². The van der Waals surface area contributed by atoms with Gasteiger partial charge in [-0.1, -0.05) is 53.6 Å². The molecule has 2 aromatic rings. The van der Waals surface area contributed by atoms with E-state index in [-0.39, 0.29) is 42.8 Å². The van der Waals surface area contributed by atoms with E-state index in [2.05, 4.69) is 31.3 Å². The highest BCUT2D eigenvalue weighted by Crippen LogP contribution is 2.74. The Hall–Kier alpha value is -5.10. The fourth-order valence-electron chi connectivity index (χ4n) is 11.6. The van der Waals surface area contributed by atoms with Gasteiger partial charge in [0.2, 0.25) is 5.91 Å². The van der Waals surface area contributed by atoms with E-state index >= 15 is 4.79 Å². The number of allylic oxidation sites excluding steroid dienone is 4. The molecule has 10 rings (SSSR count). The number of rotatable bonds is 12. The Bertz CT molecular complexity index is 2590. The standard InChI is InChI=1S/C51H55ClN2O9/c1-26(2)12-11-19-49(8)20-18-32-43(61-49)31(16-15-27(3)4)45-38(44(32)60-35(56)25-52)41-39-36(37-40(54-41)29-13-9-10-14-30(29)42(37)57)33-24-34-48(6,7)63-50(46(33)58,51(34,39)62-45)21-17-28(5)47(59)53-22-23-55/h9-10,12-15,17-18,20,33-34,36-37,55H,11,16,19,21-25H2,1-8H3,(H,53,59). The van der Waals surface area contributed by atoms with Crippen LogP contribution in [0.5, 0.6) is 17.2 Å². The first-order valence-corrected chi connectivity index (χ1v) is 22.6. The first kappa shape index (κ1) is 43.2. The minimum Gasteiger partial charge on any atom is -0.482 e. The van der Waals surface area contributed by atoms with E-state index in [1.165, 1.54) is 5.57 Å². The third-order valence-corrected chi connectivity index (χ3v) is 14.5. The molecule has 4 bridgehead atoms. The van der Waals surface area contributed by atoms with Crippen molar-refractivity contribution in [1.29, 1.82) is 0 Å². The minimum absolute atomic E-state index is 0.0150. The molecule has 0 aromatic heterocycles. The zero-order valence-corrected chi connectivity index (χ0v) is 38.0. The number of aliphatic hydroxyl groups excluding tert-OH is 1. The predicted molar refractivity (Wildman–Crippen MR) is 240 cm³/mol. The van der Waals surface area contributed by atoms with Gasteiger partial charge in [0.25, 0.3) is 0 Å². The van der Waals surface area contributed by atoms with Crippen LogP contribution in [0.3, 0.4) is 0 Å². The highest BCUT2D eigenvalue weighted by atomic mass is 35.5. The van der Waals surface area contributed by atoms with Gasteiger partial charge in [0.1, 0.15) is 23.0 Å². The van der Waals surface area contributed by atoms with Gasteiger partial charge in [-0.3, -0.25) is 24.2 Å². The monoisotopic (exact) mass is 874 g/mol. The third kappa shape index (κ3) is 6.31. The van der Waals surface area contributed by atoms with Gasteiger partial charge >= 0.3 is 5.97 Å². The van der Waals surface area contributed by atoms with Crippen LogP contribution in [0, 0.1) is 23.7 Å². The average molecular weight is 875 g/mol. The minimum atomic E-state index is -1.66. The third-order valence-electron chi connectivity index (χ3n) is 14.3. The summed E-state index contributed by atoms with van der Waals surface area (Å²) < 4.78 is 28.4. The molecule has 4 aliphatic heterocycles. The topological polar surface area (TPSA) is 150 Å². The lowest BCUT2D eigenvalue weighted by atomic mass is 9.43. The molecule has 330 valence electrons. The maximum atomic E-state index is 15.8. The van der Waals surface area contributed by atoms with Gasteiger partial charge in [0.05, 0.1) is 40.7 Å². The van der Waals surface area contributed by atoms with Crippen molar-refractivity contribution in [3.63, 3.8) is 0 Å². The van der Waals surface area contributed by atoms with Gasteiger partial charge in [-0.2, -0.15) is 0 Å². The molecule has 7 atom stereocenters. The number of amides is 1. The van der Waals surface area contributed by atoms with Crippen LogP contribution in [-0.2, 0) is 25.5 Å². The SMILES string of the molecule is CC(C)=CCCC1(C)C=Cc2c(c(CC=C(C)C)c3c(c2OC(=O)CCl)C2=C4C(C5CC6C(C)(C)OC(CC=C(C)C(=O)NCCO)(C5=O)C46O3)C3C(=O)c4ccccc4C3=N2)O1. The van der Waals surface area contributed by atoms with Crippen molar-refractivity contribution < 1.29 is 43.2 Å². The zero-order valence-electron chi connectivity index (χ0n) is 37.2. The first-order valence-electron chi connectivity index (χ1n) is 22.0. The summed E-state index contributed by atoms with van der Waals surface area (Å²) in [6.45, 7) is 15.7. The van der Waals surface area contributed by atoms with Gasteiger partial charge in [-0.25, -0.2) is 0 Å². The molecular weight excluding hydrogens is 820 g/mol. The van der Waals surface area contributed by atoms with Gasteiger partial charge in [0, 0.05) is 58.6 Å². The number of ketones is 2. The van der Waals surface area contributed by atoms with Crippen molar-refractivity contribution in [2.24, 2.45) is 28.7 Å². The van der Waals surface area contributed by atoms with E-state index in [9.17, 15) is 19.5 Å². The predicted octanol–water partition coefficient (Wildman–Crippen LogP) is 8.24. The van der Waals surface area contributed by atoms with E-state index in [0.717, 1.165) is 12.0 Å². The number of hydrogen-bond acceptors (Lipinski definition) is 10. The Morgan fingerprint density at radius 3 is 2.43 bits per heavy atom. The molecule has 8 aliphatic rings. The second kappa shape index (κ2) is 15.3. The Morgan fingerprint density at radius 1 is 1.00 bits per heavy atom. The van der Waals surface area contributed by atoms with Crippen molar-refractivity contribution in [2.45, 2.75) is 110 Å². The molecule has 1 saturated heterocycles. The Balaban J connectivity index is 1.38. The summed E-state index contributed by atoms with van der Waals surface area (Å²) in [6.07, 6.45) is 12.1. The number of Topliss-reactive ketones (excluding diaryl/α,β-unsaturated/α-hetero) is 2. The second-order valence-electron chi connectivity index (χ2n) is 19.3. The van der Waals surface area contributed by atoms with E-state index in [4.69, 9.17) is 35.5 Å². The first-order chi connectivity index (χ1) is 29.9. The molecule has 63 heavy (non-hydrogen) atoms. The molecule has 3 saturated carbocycles. The molecule has 12 heteroatoms. The second-order valence-corrected chi connectivity index (χ2v) is 19.6. The van der Waals surface area contributed by atoms with E-state index < -0.39 is 57.9 Å². The van der Waals surface area contributed by atoms with Gasteiger partial charge in [-0.15, -0.1) is 11.6 Å². The number of hydrogen-bond donors (Lipinski definition) is 2. The maximum Gasteiger partial charge on any atom is 0.326 e. The Kier molecular flexibility index (Phi) is 10.5. The van der Waals surface area contributed by atoms with Crippen molar-refractivity contribution in [2.75, 3.05) is 19.0 Å². The number of carbonyl (C=O) groups excluding carboxylic acids is 4. The van der Waals surface area contributed by atoms with E-state index in [1.807, 2.05) is 71.0 Å². The quantitative estimate of drug-likeness (QED) is 0.0707. The summed E-state index contributed by atoms with van der Waals surface area (Å²) in [5, 5.41) is 12.1.